The Morgan fingerprint density at radius 1 is 1.30 bits per heavy atom. The minimum atomic E-state index is -4.56. The number of ketones is 1. The lowest BCUT2D eigenvalue weighted by Crippen LogP contribution is -2.41. The zero-order valence-electron chi connectivity index (χ0n) is 12.5. The minimum Gasteiger partial charge on any atom is -0.319 e. The highest BCUT2D eigenvalue weighted by Gasteiger charge is 2.49. The van der Waals surface area contributed by atoms with Crippen LogP contribution in [0.3, 0.4) is 0 Å². The Hall–Kier alpha value is -2.38. The van der Waals surface area contributed by atoms with Gasteiger partial charge in [-0.15, -0.1) is 0 Å². The fraction of sp³-hybridized carbons (Fsp3) is 0.400. The Morgan fingerprint density at radius 2 is 1.96 bits per heavy atom. The predicted octanol–water partition coefficient (Wildman–Crippen LogP) is 2.45. The maximum Gasteiger partial charge on any atom is 0.416 e. The molecular formula is C15H15F3N2O3. The van der Waals surface area contributed by atoms with Gasteiger partial charge in [0.25, 0.3) is 5.91 Å². The Morgan fingerprint density at radius 3 is 2.52 bits per heavy atom. The summed E-state index contributed by atoms with van der Waals surface area (Å²) in [5.41, 5.74) is -2.54. The number of rotatable bonds is 4. The van der Waals surface area contributed by atoms with Crippen LogP contribution in [0.25, 0.3) is 0 Å². The summed E-state index contributed by atoms with van der Waals surface area (Å²) in [6, 6.07) is 3.41. The third-order valence-electron chi connectivity index (χ3n) is 3.77. The fourth-order valence-corrected chi connectivity index (χ4v) is 2.33. The highest BCUT2D eigenvalue weighted by Crippen LogP contribution is 2.34. The van der Waals surface area contributed by atoms with Gasteiger partial charge in [-0.05, 0) is 24.6 Å². The zero-order valence-corrected chi connectivity index (χ0v) is 12.5. The molecule has 1 atom stereocenters. The molecule has 0 saturated carbocycles. The minimum absolute atomic E-state index is 0.0112. The van der Waals surface area contributed by atoms with Crippen molar-refractivity contribution in [2.45, 2.75) is 32.0 Å². The van der Waals surface area contributed by atoms with Crippen molar-refractivity contribution in [1.29, 1.82) is 0 Å². The Bertz CT molecular complexity index is 672. The molecule has 1 saturated heterocycles. The molecule has 0 aliphatic carbocycles. The summed E-state index contributed by atoms with van der Waals surface area (Å²) in [6.45, 7) is 2.52. The van der Waals surface area contributed by atoms with E-state index in [2.05, 4.69) is 5.32 Å². The molecule has 8 heteroatoms. The average molecular weight is 328 g/mol. The molecular weight excluding hydrogens is 313 g/mol. The number of halogens is 3. The second-order valence-corrected chi connectivity index (χ2v) is 5.42. The van der Waals surface area contributed by atoms with E-state index in [1.54, 1.807) is 6.92 Å². The van der Waals surface area contributed by atoms with E-state index in [-0.39, 0.29) is 17.8 Å². The average Bonchev–Trinajstić information content (AvgIpc) is 2.71. The molecule has 0 radical (unpaired) electrons. The van der Waals surface area contributed by atoms with Crippen LogP contribution in [0.15, 0.2) is 24.3 Å². The second-order valence-electron chi connectivity index (χ2n) is 5.42. The lowest BCUT2D eigenvalue weighted by Gasteiger charge is -2.23. The first kappa shape index (κ1) is 17.0. The zero-order chi connectivity index (χ0) is 17.4. The predicted molar refractivity (Wildman–Crippen MR) is 74.3 cm³/mol. The van der Waals surface area contributed by atoms with Crippen molar-refractivity contribution in [3.8, 4) is 0 Å². The summed E-state index contributed by atoms with van der Waals surface area (Å²) >= 11 is 0. The number of alkyl halides is 3. The highest BCUT2D eigenvalue weighted by molar-refractivity contribution is 6.09. The van der Waals surface area contributed by atoms with Crippen molar-refractivity contribution >= 4 is 17.7 Å². The lowest BCUT2D eigenvalue weighted by molar-refractivity contribution is -0.138. The van der Waals surface area contributed by atoms with Crippen molar-refractivity contribution in [1.82, 2.24) is 10.2 Å². The number of carbonyl (C=O) groups is 3. The van der Waals surface area contributed by atoms with Crippen LogP contribution >= 0.6 is 0 Å². The van der Waals surface area contributed by atoms with Crippen molar-refractivity contribution in [2.24, 2.45) is 0 Å². The monoisotopic (exact) mass is 328 g/mol. The molecule has 2 rings (SSSR count). The maximum absolute atomic E-state index is 12.8. The number of Topliss-reactive ketones (excluding diaryl/α,β-unsaturated/α-hetero) is 1. The van der Waals surface area contributed by atoms with Crippen LogP contribution in [0.2, 0.25) is 0 Å². The van der Waals surface area contributed by atoms with Crippen molar-refractivity contribution in [2.75, 3.05) is 6.54 Å². The standard InChI is InChI=1S/C15H15F3N2O3/c1-3-11(21)8-20-12(22)14(2,19-13(20)23)9-5-4-6-10(7-9)15(16,17)18/h4-7H,3,8H2,1-2H3,(H,19,23)/t14-/m0/s1. The molecule has 1 aliphatic heterocycles. The van der Waals surface area contributed by atoms with E-state index in [0.29, 0.717) is 0 Å². The van der Waals surface area contributed by atoms with Gasteiger partial charge in [0.1, 0.15) is 5.54 Å². The van der Waals surface area contributed by atoms with E-state index < -0.39 is 35.8 Å². The fourth-order valence-electron chi connectivity index (χ4n) is 2.33. The number of hydrogen-bond donors (Lipinski definition) is 1. The van der Waals surface area contributed by atoms with Gasteiger partial charge in [-0.3, -0.25) is 14.5 Å². The van der Waals surface area contributed by atoms with Crippen LogP contribution in [0.5, 0.6) is 0 Å². The van der Waals surface area contributed by atoms with E-state index >= 15 is 0 Å². The number of nitrogens with one attached hydrogen (secondary N) is 1. The molecule has 0 unspecified atom stereocenters. The van der Waals surface area contributed by atoms with Gasteiger partial charge in [-0.25, -0.2) is 4.79 Å². The van der Waals surface area contributed by atoms with Crippen LogP contribution < -0.4 is 5.32 Å². The number of amides is 3. The smallest absolute Gasteiger partial charge is 0.319 e. The van der Waals surface area contributed by atoms with Crippen molar-refractivity contribution in [3.05, 3.63) is 35.4 Å². The van der Waals surface area contributed by atoms with E-state index in [1.807, 2.05) is 0 Å². The normalized spacial score (nSPS) is 21.5. The number of urea groups is 1. The van der Waals surface area contributed by atoms with Crippen LogP contribution in [0.1, 0.15) is 31.4 Å². The molecule has 0 spiro atoms. The van der Waals surface area contributed by atoms with Crippen LogP contribution in [0, 0.1) is 0 Å². The van der Waals surface area contributed by atoms with Gasteiger partial charge in [-0.2, -0.15) is 13.2 Å². The van der Waals surface area contributed by atoms with Gasteiger partial charge in [0, 0.05) is 6.42 Å². The topological polar surface area (TPSA) is 66.5 Å². The molecule has 1 heterocycles. The van der Waals surface area contributed by atoms with Crippen LogP contribution in [-0.4, -0.2) is 29.2 Å². The SMILES string of the molecule is CCC(=O)CN1C(=O)N[C@@](C)(c2cccc(C(F)(F)F)c2)C1=O. The largest absolute Gasteiger partial charge is 0.416 e. The molecule has 1 fully saturated rings. The summed E-state index contributed by atoms with van der Waals surface area (Å²) in [5, 5.41) is 2.37. The number of hydrogen-bond acceptors (Lipinski definition) is 3. The van der Waals surface area contributed by atoms with Crippen molar-refractivity contribution in [3.63, 3.8) is 0 Å². The molecule has 3 amide bonds. The number of nitrogens with zero attached hydrogens (tertiary/aromatic N) is 1. The van der Waals surface area contributed by atoms with Gasteiger partial charge in [0.15, 0.2) is 5.78 Å². The lowest BCUT2D eigenvalue weighted by atomic mass is 9.90. The van der Waals surface area contributed by atoms with Gasteiger partial charge in [0.2, 0.25) is 0 Å². The molecule has 0 bridgehead atoms. The first-order chi connectivity index (χ1) is 10.6. The van der Waals surface area contributed by atoms with E-state index in [4.69, 9.17) is 0 Å². The summed E-state index contributed by atoms with van der Waals surface area (Å²) in [7, 11) is 0. The van der Waals surface area contributed by atoms with Gasteiger partial charge in [-0.1, -0.05) is 19.1 Å². The third kappa shape index (κ3) is 3.06. The molecule has 0 aromatic heterocycles. The molecule has 1 aromatic rings. The first-order valence-electron chi connectivity index (χ1n) is 6.93. The molecule has 23 heavy (non-hydrogen) atoms. The second kappa shape index (κ2) is 5.68. The Labute approximate surface area is 130 Å². The van der Waals surface area contributed by atoms with Gasteiger partial charge < -0.3 is 5.32 Å². The quantitative estimate of drug-likeness (QED) is 0.864. The summed E-state index contributed by atoms with van der Waals surface area (Å²) < 4.78 is 38.5. The highest BCUT2D eigenvalue weighted by atomic mass is 19.4. The summed E-state index contributed by atoms with van der Waals surface area (Å²) in [5.74, 6) is -1.06. The molecule has 1 aromatic carbocycles. The summed E-state index contributed by atoms with van der Waals surface area (Å²) in [4.78, 5) is 36.6. The Balaban J connectivity index is 2.38. The van der Waals surface area contributed by atoms with Crippen molar-refractivity contribution < 1.29 is 27.6 Å². The molecule has 1 N–H and O–H groups in total. The third-order valence-corrected chi connectivity index (χ3v) is 3.77. The van der Waals surface area contributed by atoms with E-state index in [1.165, 1.54) is 19.1 Å². The Kier molecular flexibility index (Phi) is 4.19. The molecule has 1 aliphatic rings. The maximum atomic E-state index is 12.8. The van der Waals surface area contributed by atoms with Gasteiger partial charge in [0.05, 0.1) is 12.1 Å². The van der Waals surface area contributed by atoms with E-state index in [9.17, 15) is 27.6 Å². The first-order valence-corrected chi connectivity index (χ1v) is 6.93. The van der Waals surface area contributed by atoms with Crippen LogP contribution in [-0.2, 0) is 21.3 Å². The molecule has 5 nitrogen and oxygen atoms in total. The van der Waals surface area contributed by atoms with Gasteiger partial charge >= 0.3 is 12.2 Å². The summed E-state index contributed by atoms with van der Waals surface area (Å²) in [6.07, 6.45) is -4.41. The van der Waals surface area contributed by atoms with Crippen LogP contribution in [0.4, 0.5) is 18.0 Å². The number of benzene rings is 1. The molecule has 124 valence electrons. The number of imide groups is 1. The van der Waals surface area contributed by atoms with E-state index in [0.717, 1.165) is 17.0 Å². The number of carbonyl (C=O) groups excluding carboxylic acids is 3.